The molecule has 0 aliphatic carbocycles. The highest BCUT2D eigenvalue weighted by Gasteiger charge is 2.39. The minimum absolute atomic E-state index is 0.207. The third-order valence-corrected chi connectivity index (χ3v) is 4.70. The monoisotopic (exact) mass is 436 g/mol. The van der Waals surface area contributed by atoms with Gasteiger partial charge in [0.15, 0.2) is 0 Å². The molecule has 2 rings (SSSR count). The fraction of sp³-hybridized carbons (Fsp3) is 0.522. The summed E-state index contributed by atoms with van der Waals surface area (Å²) < 4.78 is 16.2. The Hall–Kier alpha value is -2.23. The van der Waals surface area contributed by atoms with E-state index >= 15 is 0 Å². The van der Waals surface area contributed by atoms with Crippen molar-refractivity contribution in [2.75, 3.05) is 13.7 Å². The molecular weight excluding hydrogens is 404 g/mol. The molecule has 31 heavy (non-hydrogen) atoms. The molecule has 8 nitrogen and oxygen atoms in total. The zero-order valence-electron chi connectivity index (χ0n) is 18.5. The van der Waals surface area contributed by atoms with Crippen LogP contribution in [0.3, 0.4) is 0 Å². The van der Waals surface area contributed by atoms with E-state index < -0.39 is 36.2 Å². The van der Waals surface area contributed by atoms with Gasteiger partial charge in [0.05, 0.1) is 24.9 Å². The van der Waals surface area contributed by atoms with Crippen molar-refractivity contribution < 1.29 is 39.4 Å². The normalized spacial score (nSPS) is 24.2. The van der Waals surface area contributed by atoms with Gasteiger partial charge in [-0.1, -0.05) is 23.8 Å². The Labute approximate surface area is 182 Å². The van der Waals surface area contributed by atoms with Crippen LogP contribution in [0.1, 0.15) is 49.2 Å². The van der Waals surface area contributed by atoms with Crippen molar-refractivity contribution in [1.82, 2.24) is 0 Å². The van der Waals surface area contributed by atoms with Crippen molar-refractivity contribution in [2.45, 2.75) is 64.3 Å². The molecule has 0 bridgehead atoms. The molecule has 0 saturated carbocycles. The molecule has 4 N–H and O–H groups in total. The molecule has 1 aromatic carbocycles. The number of ether oxygens (including phenoxy) is 3. The molecule has 0 amide bonds. The second-order valence-electron chi connectivity index (χ2n) is 8.39. The van der Waals surface area contributed by atoms with Gasteiger partial charge in [-0.2, -0.15) is 0 Å². The van der Waals surface area contributed by atoms with E-state index in [2.05, 4.69) is 0 Å². The Bertz CT molecular complexity index is 833. The summed E-state index contributed by atoms with van der Waals surface area (Å²) in [4.78, 5) is 12.2. The predicted octanol–water partition coefficient (Wildman–Crippen LogP) is 1.58. The minimum Gasteiger partial charge on any atom is -0.465 e. The van der Waals surface area contributed by atoms with E-state index in [1.54, 1.807) is 32.1 Å². The summed E-state index contributed by atoms with van der Waals surface area (Å²) in [5.74, 6) is -0.214. The number of aliphatic hydroxyl groups is 4. The molecule has 1 fully saturated rings. The third kappa shape index (κ3) is 6.88. The predicted molar refractivity (Wildman–Crippen MR) is 115 cm³/mol. The molecule has 1 aliphatic heterocycles. The van der Waals surface area contributed by atoms with Crippen molar-refractivity contribution >= 4 is 12.0 Å². The number of allylic oxidation sites excluding steroid dienone is 2. The molecule has 4 atom stereocenters. The standard InChI is InChI=1S/C23H32O8/c1-13(2)6-7-14-10-16(21(27)29-5)11-15(8-9-23(3,4)28)20(14)31-22-19(26)18(25)17(24)12-30-22/h6,8-11,17-19,22,24-26,28H,7,12H2,1-5H3. The van der Waals surface area contributed by atoms with E-state index in [1.807, 2.05) is 19.9 Å². The number of hydrogen-bond donors (Lipinski definition) is 4. The summed E-state index contributed by atoms with van der Waals surface area (Å²) in [5.41, 5.74) is 1.30. The van der Waals surface area contributed by atoms with Gasteiger partial charge in [-0.3, -0.25) is 0 Å². The van der Waals surface area contributed by atoms with Gasteiger partial charge < -0.3 is 34.6 Å². The maximum atomic E-state index is 12.2. The van der Waals surface area contributed by atoms with Crippen LogP contribution < -0.4 is 4.74 Å². The van der Waals surface area contributed by atoms with Crippen LogP contribution in [0.5, 0.6) is 5.75 Å². The quantitative estimate of drug-likeness (QED) is 0.375. The summed E-state index contributed by atoms with van der Waals surface area (Å²) in [6, 6.07) is 3.18. The second-order valence-corrected chi connectivity index (χ2v) is 8.39. The van der Waals surface area contributed by atoms with Gasteiger partial charge in [0.1, 0.15) is 24.1 Å². The van der Waals surface area contributed by atoms with Crippen molar-refractivity contribution in [3.05, 3.63) is 46.5 Å². The number of aliphatic hydroxyl groups excluding tert-OH is 3. The fourth-order valence-electron chi connectivity index (χ4n) is 2.98. The van der Waals surface area contributed by atoms with E-state index in [4.69, 9.17) is 14.2 Å². The first-order chi connectivity index (χ1) is 14.4. The number of esters is 1. The lowest BCUT2D eigenvalue weighted by atomic mass is 9.98. The van der Waals surface area contributed by atoms with Crippen LogP contribution in [-0.4, -0.2) is 70.3 Å². The maximum absolute atomic E-state index is 12.2. The van der Waals surface area contributed by atoms with Gasteiger partial charge in [0, 0.05) is 5.56 Å². The molecule has 172 valence electrons. The van der Waals surface area contributed by atoms with Crippen molar-refractivity contribution in [2.24, 2.45) is 0 Å². The van der Waals surface area contributed by atoms with E-state index in [1.165, 1.54) is 13.2 Å². The van der Waals surface area contributed by atoms with Gasteiger partial charge in [0.25, 0.3) is 0 Å². The summed E-state index contributed by atoms with van der Waals surface area (Å²) in [6.45, 7) is 6.87. The zero-order valence-corrected chi connectivity index (χ0v) is 18.5. The van der Waals surface area contributed by atoms with Crippen LogP contribution in [0.15, 0.2) is 29.9 Å². The van der Waals surface area contributed by atoms with E-state index in [0.717, 1.165) is 5.57 Å². The van der Waals surface area contributed by atoms with Crippen LogP contribution in [0.4, 0.5) is 0 Å². The molecule has 4 unspecified atom stereocenters. The van der Waals surface area contributed by atoms with Crippen LogP contribution in [-0.2, 0) is 15.9 Å². The maximum Gasteiger partial charge on any atom is 0.337 e. The van der Waals surface area contributed by atoms with E-state index in [-0.39, 0.29) is 6.61 Å². The van der Waals surface area contributed by atoms with Gasteiger partial charge in [-0.25, -0.2) is 4.79 Å². The van der Waals surface area contributed by atoms with Gasteiger partial charge in [-0.05, 0) is 51.8 Å². The zero-order chi connectivity index (χ0) is 23.3. The highest BCUT2D eigenvalue weighted by Crippen LogP contribution is 2.32. The molecule has 8 heteroatoms. The third-order valence-electron chi connectivity index (χ3n) is 4.70. The summed E-state index contributed by atoms with van der Waals surface area (Å²) in [6.07, 6.45) is 0.143. The lowest BCUT2D eigenvalue weighted by molar-refractivity contribution is -0.242. The highest BCUT2D eigenvalue weighted by atomic mass is 16.7. The molecule has 1 saturated heterocycles. The first-order valence-corrected chi connectivity index (χ1v) is 10.1. The Morgan fingerprint density at radius 2 is 1.90 bits per heavy atom. The SMILES string of the molecule is COC(=O)c1cc(C=CC(C)(C)O)c(OC2OCC(O)C(O)C2O)c(CC=C(C)C)c1. The molecule has 0 aromatic heterocycles. The average molecular weight is 437 g/mol. The number of carbonyl (C=O) groups excluding carboxylic acids is 1. The Morgan fingerprint density at radius 1 is 1.23 bits per heavy atom. The highest BCUT2D eigenvalue weighted by molar-refractivity contribution is 5.91. The summed E-state index contributed by atoms with van der Waals surface area (Å²) in [5, 5.41) is 40.1. The van der Waals surface area contributed by atoms with Crippen molar-refractivity contribution in [1.29, 1.82) is 0 Å². The fourth-order valence-corrected chi connectivity index (χ4v) is 2.98. The van der Waals surface area contributed by atoms with Crippen LogP contribution in [0, 0.1) is 0 Å². The Kier molecular flexibility index (Phi) is 8.39. The number of benzene rings is 1. The van der Waals surface area contributed by atoms with Crippen molar-refractivity contribution in [3.63, 3.8) is 0 Å². The minimum atomic E-state index is -1.48. The van der Waals surface area contributed by atoms with E-state index in [0.29, 0.717) is 28.9 Å². The van der Waals surface area contributed by atoms with Crippen molar-refractivity contribution in [3.8, 4) is 5.75 Å². The van der Waals surface area contributed by atoms with Crippen LogP contribution in [0.2, 0.25) is 0 Å². The first kappa shape index (κ1) is 25.0. The van der Waals surface area contributed by atoms with Crippen LogP contribution in [0.25, 0.3) is 6.08 Å². The molecule has 0 spiro atoms. The van der Waals surface area contributed by atoms with Crippen LogP contribution >= 0.6 is 0 Å². The number of methoxy groups -OCH3 is 1. The van der Waals surface area contributed by atoms with Gasteiger partial charge >= 0.3 is 5.97 Å². The topological polar surface area (TPSA) is 126 Å². The average Bonchev–Trinajstić information content (AvgIpc) is 2.70. The summed E-state index contributed by atoms with van der Waals surface area (Å²) in [7, 11) is 1.29. The number of hydrogen-bond acceptors (Lipinski definition) is 8. The lowest BCUT2D eigenvalue weighted by Crippen LogP contribution is -2.54. The molecule has 1 aliphatic rings. The summed E-state index contributed by atoms with van der Waals surface area (Å²) >= 11 is 0. The number of carbonyl (C=O) groups is 1. The van der Waals surface area contributed by atoms with Gasteiger partial charge in [0.2, 0.25) is 6.29 Å². The lowest BCUT2D eigenvalue weighted by Gasteiger charge is -2.35. The molecular formula is C23H32O8. The smallest absolute Gasteiger partial charge is 0.337 e. The molecule has 0 radical (unpaired) electrons. The Morgan fingerprint density at radius 3 is 2.48 bits per heavy atom. The Balaban J connectivity index is 2.58. The largest absolute Gasteiger partial charge is 0.465 e. The second kappa shape index (κ2) is 10.4. The van der Waals surface area contributed by atoms with E-state index in [9.17, 15) is 25.2 Å². The number of rotatable bonds is 7. The van der Waals surface area contributed by atoms with Gasteiger partial charge in [-0.15, -0.1) is 0 Å². The first-order valence-electron chi connectivity index (χ1n) is 10.1. The molecule has 1 heterocycles. The molecule has 1 aromatic rings.